The van der Waals surface area contributed by atoms with Crippen LogP contribution in [0.25, 0.3) is 6.08 Å². The summed E-state index contributed by atoms with van der Waals surface area (Å²) in [4.78, 5) is 37.8. The number of halogens is 2. The number of rotatable bonds is 5. The monoisotopic (exact) mass is 479 g/mol. The summed E-state index contributed by atoms with van der Waals surface area (Å²) in [5.41, 5.74) is 0.550. The number of hydrogen-bond donors (Lipinski definition) is 3. The number of hydrogen-bond acceptors (Lipinski definition) is 5. The van der Waals surface area contributed by atoms with Crippen molar-refractivity contribution < 1.29 is 24.2 Å². The van der Waals surface area contributed by atoms with E-state index in [0.29, 0.717) is 20.9 Å². The van der Waals surface area contributed by atoms with Crippen molar-refractivity contribution >= 4 is 57.1 Å². The average Bonchev–Trinajstić information content (AvgIpc) is 2.93. The molecule has 150 valence electrons. The van der Waals surface area contributed by atoms with Gasteiger partial charge < -0.3 is 20.5 Å². The molecule has 3 rings (SSSR count). The second kappa shape index (κ2) is 8.54. The first kappa shape index (κ1) is 20.7. The molecular formula is C19H15BrClN3O5. The zero-order valence-electron chi connectivity index (χ0n) is 15.0. The van der Waals surface area contributed by atoms with Gasteiger partial charge in [0.25, 0.3) is 5.91 Å². The van der Waals surface area contributed by atoms with E-state index in [1.54, 1.807) is 24.3 Å². The van der Waals surface area contributed by atoms with Crippen molar-refractivity contribution in [2.24, 2.45) is 0 Å². The lowest BCUT2D eigenvalue weighted by molar-refractivity contribution is -0.127. The van der Waals surface area contributed by atoms with Gasteiger partial charge in [-0.25, -0.2) is 9.69 Å². The molecule has 0 atom stereocenters. The zero-order valence-corrected chi connectivity index (χ0v) is 17.4. The number of phenols is 1. The minimum absolute atomic E-state index is 0.0930. The summed E-state index contributed by atoms with van der Waals surface area (Å²) < 4.78 is 5.49. The van der Waals surface area contributed by atoms with E-state index in [0.717, 1.165) is 4.90 Å². The van der Waals surface area contributed by atoms with Crippen molar-refractivity contribution in [2.45, 2.75) is 0 Å². The fourth-order valence-electron chi connectivity index (χ4n) is 2.65. The second-order valence-corrected chi connectivity index (χ2v) is 7.24. The van der Waals surface area contributed by atoms with Gasteiger partial charge in [0.2, 0.25) is 5.91 Å². The number of phenolic OH excluding ortho intramolecular Hbond substituents is 1. The van der Waals surface area contributed by atoms with Crippen LogP contribution in [0, 0.1) is 0 Å². The lowest BCUT2D eigenvalue weighted by atomic mass is 10.1. The quantitative estimate of drug-likeness (QED) is 0.449. The Bertz CT molecular complexity index is 1040. The number of aromatic hydroxyl groups is 1. The summed E-state index contributed by atoms with van der Waals surface area (Å²) in [5, 5.41) is 15.4. The predicted octanol–water partition coefficient (Wildman–Crippen LogP) is 3.35. The Morgan fingerprint density at radius 1 is 1.34 bits per heavy atom. The van der Waals surface area contributed by atoms with Crippen LogP contribution in [0.5, 0.6) is 11.5 Å². The van der Waals surface area contributed by atoms with Gasteiger partial charge in [-0.2, -0.15) is 0 Å². The van der Waals surface area contributed by atoms with Gasteiger partial charge in [0.1, 0.15) is 23.7 Å². The Morgan fingerprint density at radius 2 is 2.07 bits per heavy atom. The van der Waals surface area contributed by atoms with Crippen LogP contribution in [0.1, 0.15) is 5.56 Å². The summed E-state index contributed by atoms with van der Waals surface area (Å²) in [6, 6.07) is 8.92. The Hall–Kier alpha value is -3.04. The maximum absolute atomic E-state index is 12.6. The van der Waals surface area contributed by atoms with Crippen molar-refractivity contribution in [3.8, 4) is 11.5 Å². The van der Waals surface area contributed by atoms with Crippen LogP contribution in [0.2, 0.25) is 5.02 Å². The lowest BCUT2D eigenvalue weighted by Gasteiger charge is -2.13. The molecule has 0 aromatic heterocycles. The molecule has 0 radical (unpaired) electrons. The fourth-order valence-corrected chi connectivity index (χ4v) is 3.48. The Balaban J connectivity index is 1.76. The maximum atomic E-state index is 12.6. The van der Waals surface area contributed by atoms with E-state index in [4.69, 9.17) is 16.3 Å². The molecule has 4 amide bonds. The molecular weight excluding hydrogens is 466 g/mol. The first-order chi connectivity index (χ1) is 13.8. The molecule has 0 aliphatic carbocycles. The number of para-hydroxylation sites is 2. The SMILES string of the molecule is COc1ccccc1NC(=O)CN1C(=O)N/C(=C/c2cc(Cl)cc(Br)c2O)C1=O. The number of carbonyl (C=O) groups is 3. The molecule has 1 aliphatic heterocycles. The highest BCUT2D eigenvalue weighted by molar-refractivity contribution is 9.10. The zero-order chi connectivity index (χ0) is 21.1. The molecule has 10 heteroatoms. The Labute approximate surface area is 179 Å². The molecule has 29 heavy (non-hydrogen) atoms. The molecule has 2 aromatic carbocycles. The number of urea groups is 1. The molecule has 0 spiro atoms. The molecule has 1 aliphatic rings. The van der Waals surface area contributed by atoms with E-state index in [1.165, 1.54) is 25.3 Å². The van der Waals surface area contributed by atoms with Crippen LogP contribution >= 0.6 is 27.5 Å². The number of carbonyl (C=O) groups excluding carboxylic acids is 3. The average molecular weight is 481 g/mol. The second-order valence-electron chi connectivity index (χ2n) is 5.95. The molecule has 1 saturated heterocycles. The fraction of sp³-hybridized carbons (Fsp3) is 0.105. The molecule has 1 fully saturated rings. The van der Waals surface area contributed by atoms with Gasteiger partial charge in [0, 0.05) is 10.6 Å². The number of imide groups is 1. The smallest absolute Gasteiger partial charge is 0.329 e. The van der Waals surface area contributed by atoms with E-state index in [9.17, 15) is 19.5 Å². The van der Waals surface area contributed by atoms with E-state index in [2.05, 4.69) is 26.6 Å². The van der Waals surface area contributed by atoms with E-state index in [-0.39, 0.29) is 17.0 Å². The molecule has 8 nitrogen and oxygen atoms in total. The largest absolute Gasteiger partial charge is 0.506 e. The highest BCUT2D eigenvalue weighted by Crippen LogP contribution is 2.33. The first-order valence-corrected chi connectivity index (χ1v) is 9.42. The molecule has 1 heterocycles. The van der Waals surface area contributed by atoms with Gasteiger partial charge in [-0.15, -0.1) is 0 Å². The van der Waals surface area contributed by atoms with Crippen molar-refractivity contribution in [1.82, 2.24) is 10.2 Å². The number of benzene rings is 2. The Kier molecular flexibility index (Phi) is 6.09. The molecule has 2 aromatic rings. The highest BCUT2D eigenvalue weighted by atomic mass is 79.9. The van der Waals surface area contributed by atoms with Gasteiger partial charge >= 0.3 is 6.03 Å². The minimum atomic E-state index is -0.753. The topological polar surface area (TPSA) is 108 Å². The Morgan fingerprint density at radius 3 is 2.79 bits per heavy atom. The number of methoxy groups -OCH3 is 1. The predicted molar refractivity (Wildman–Crippen MR) is 111 cm³/mol. The number of nitrogens with one attached hydrogen (secondary N) is 2. The first-order valence-electron chi connectivity index (χ1n) is 8.25. The number of ether oxygens (including phenoxy) is 1. The van der Waals surface area contributed by atoms with Gasteiger partial charge in [-0.05, 0) is 46.3 Å². The summed E-state index contributed by atoms with van der Waals surface area (Å²) in [5.74, 6) is -0.981. The summed E-state index contributed by atoms with van der Waals surface area (Å²) in [6.07, 6.45) is 1.28. The van der Waals surface area contributed by atoms with Crippen molar-refractivity contribution in [3.05, 3.63) is 57.2 Å². The van der Waals surface area contributed by atoms with E-state index in [1.807, 2.05) is 0 Å². The summed E-state index contributed by atoms with van der Waals surface area (Å²) >= 11 is 9.11. The molecule has 3 N–H and O–H groups in total. The van der Waals surface area contributed by atoms with Crippen LogP contribution in [0.4, 0.5) is 10.5 Å². The van der Waals surface area contributed by atoms with Crippen molar-refractivity contribution in [2.75, 3.05) is 19.0 Å². The number of anilines is 1. The third-order valence-electron chi connectivity index (χ3n) is 4.00. The van der Waals surface area contributed by atoms with E-state index >= 15 is 0 Å². The van der Waals surface area contributed by atoms with Crippen LogP contribution in [-0.2, 0) is 9.59 Å². The van der Waals surface area contributed by atoms with Gasteiger partial charge in [0.15, 0.2) is 0 Å². The van der Waals surface area contributed by atoms with Crippen LogP contribution < -0.4 is 15.4 Å². The normalized spacial score (nSPS) is 14.9. The van der Waals surface area contributed by atoms with Crippen molar-refractivity contribution in [1.29, 1.82) is 0 Å². The maximum Gasteiger partial charge on any atom is 0.329 e. The van der Waals surface area contributed by atoms with E-state index < -0.39 is 24.4 Å². The molecule has 0 saturated carbocycles. The summed E-state index contributed by atoms with van der Waals surface area (Å²) in [6.45, 7) is -0.495. The third kappa shape index (κ3) is 4.52. The summed E-state index contributed by atoms with van der Waals surface area (Å²) in [7, 11) is 1.46. The number of amides is 4. The molecule has 0 unspecified atom stereocenters. The lowest BCUT2D eigenvalue weighted by Crippen LogP contribution is -2.38. The van der Waals surface area contributed by atoms with Crippen molar-refractivity contribution in [3.63, 3.8) is 0 Å². The van der Waals surface area contributed by atoms with Gasteiger partial charge in [-0.3, -0.25) is 9.59 Å². The van der Waals surface area contributed by atoms with Crippen LogP contribution in [0.3, 0.4) is 0 Å². The van der Waals surface area contributed by atoms with Crippen LogP contribution in [0.15, 0.2) is 46.6 Å². The van der Waals surface area contributed by atoms with Crippen LogP contribution in [-0.4, -0.2) is 41.5 Å². The minimum Gasteiger partial charge on any atom is -0.506 e. The third-order valence-corrected chi connectivity index (χ3v) is 4.83. The number of nitrogens with zero attached hydrogens (tertiary/aromatic N) is 1. The molecule has 0 bridgehead atoms. The van der Waals surface area contributed by atoms with Gasteiger partial charge in [-0.1, -0.05) is 23.7 Å². The standard InChI is InChI=1S/C19H15BrClN3O5/c1-29-15-5-3-2-4-13(15)22-16(25)9-24-18(27)14(23-19(24)28)7-10-6-11(21)8-12(20)17(10)26/h2-8,26H,9H2,1H3,(H,22,25)(H,23,28)/b14-7+. The van der Waals surface area contributed by atoms with Gasteiger partial charge in [0.05, 0.1) is 17.3 Å². The highest BCUT2D eigenvalue weighted by Gasteiger charge is 2.35.